The normalized spacial score (nSPS) is 16.6. The predicted octanol–water partition coefficient (Wildman–Crippen LogP) is 2.22. The molecule has 2 aromatic rings. The molecule has 6 nitrogen and oxygen atoms in total. The highest BCUT2D eigenvalue weighted by Gasteiger charge is 2.38. The van der Waals surface area contributed by atoms with Crippen LogP contribution in [0.25, 0.3) is 0 Å². The third kappa shape index (κ3) is 3.99. The zero-order valence-corrected chi connectivity index (χ0v) is 13.4. The molecule has 1 aromatic heterocycles. The second-order valence-corrected chi connectivity index (χ2v) is 5.36. The number of aromatic nitrogens is 2. The summed E-state index contributed by atoms with van der Waals surface area (Å²) in [6, 6.07) is 5.91. The van der Waals surface area contributed by atoms with Crippen LogP contribution in [0.3, 0.4) is 0 Å². The summed E-state index contributed by atoms with van der Waals surface area (Å²) in [5.41, 5.74) is 5.59. The molecule has 0 saturated carbocycles. The number of rotatable bonds is 5. The summed E-state index contributed by atoms with van der Waals surface area (Å²) in [5.74, 6) is 1.01. The van der Waals surface area contributed by atoms with Crippen molar-refractivity contribution in [3.05, 3.63) is 41.8 Å². The van der Waals surface area contributed by atoms with Crippen LogP contribution in [0.1, 0.15) is 24.6 Å². The van der Waals surface area contributed by atoms with Crippen LogP contribution >= 0.6 is 12.4 Å². The van der Waals surface area contributed by atoms with Crippen molar-refractivity contribution in [1.29, 1.82) is 0 Å². The lowest BCUT2D eigenvalue weighted by Crippen LogP contribution is -2.40. The fourth-order valence-electron chi connectivity index (χ4n) is 2.50. The van der Waals surface area contributed by atoms with E-state index in [0.29, 0.717) is 37.2 Å². The van der Waals surface area contributed by atoms with E-state index < -0.39 is 0 Å². The van der Waals surface area contributed by atoms with Gasteiger partial charge in [0.25, 0.3) is 0 Å². The lowest BCUT2D eigenvalue weighted by molar-refractivity contribution is 0.0409. The largest absolute Gasteiger partial charge is 0.485 e. The zero-order valence-electron chi connectivity index (χ0n) is 12.5. The number of hydrogen-bond acceptors (Lipinski definition) is 6. The van der Waals surface area contributed by atoms with Crippen LogP contribution in [-0.2, 0) is 16.8 Å². The standard InChI is InChI=1S/C15H18FN3O3.ClH/c16-11-2-1-3-12(8-11)21-9-13-18-14(22-19-13)15(10-17)4-6-20-7-5-15;/h1-3,8H,4-7,9-10,17H2;1H. The van der Waals surface area contributed by atoms with E-state index in [4.69, 9.17) is 19.7 Å². The maximum atomic E-state index is 13.1. The van der Waals surface area contributed by atoms with Crippen LogP contribution in [0.15, 0.2) is 28.8 Å². The van der Waals surface area contributed by atoms with Gasteiger partial charge in [0.2, 0.25) is 11.7 Å². The van der Waals surface area contributed by atoms with E-state index in [9.17, 15) is 4.39 Å². The Morgan fingerprint density at radius 3 is 2.78 bits per heavy atom. The lowest BCUT2D eigenvalue weighted by atomic mass is 9.80. The van der Waals surface area contributed by atoms with E-state index in [-0.39, 0.29) is 30.2 Å². The van der Waals surface area contributed by atoms with Gasteiger partial charge in [0.05, 0.1) is 5.41 Å². The molecule has 1 aliphatic rings. The van der Waals surface area contributed by atoms with Gasteiger partial charge in [-0.25, -0.2) is 4.39 Å². The molecule has 1 saturated heterocycles. The van der Waals surface area contributed by atoms with Crippen molar-refractivity contribution in [2.75, 3.05) is 19.8 Å². The SMILES string of the molecule is Cl.NCC1(c2nc(COc3cccc(F)c3)no2)CCOCC1. The van der Waals surface area contributed by atoms with E-state index in [1.54, 1.807) is 12.1 Å². The first-order valence-corrected chi connectivity index (χ1v) is 7.21. The Bertz CT molecular complexity index is 632. The third-order valence-electron chi connectivity index (χ3n) is 3.93. The summed E-state index contributed by atoms with van der Waals surface area (Å²) < 4.78 is 29.3. The van der Waals surface area contributed by atoms with Crippen LogP contribution in [-0.4, -0.2) is 29.9 Å². The molecule has 1 aromatic carbocycles. The number of nitrogens with two attached hydrogens (primary N) is 1. The number of nitrogens with zero attached hydrogens (tertiary/aromatic N) is 2. The van der Waals surface area contributed by atoms with E-state index in [0.717, 1.165) is 12.8 Å². The number of halogens is 2. The molecule has 0 atom stereocenters. The van der Waals surface area contributed by atoms with E-state index in [1.165, 1.54) is 12.1 Å². The summed E-state index contributed by atoms with van der Waals surface area (Å²) in [5, 5.41) is 3.92. The first-order valence-electron chi connectivity index (χ1n) is 7.21. The van der Waals surface area contributed by atoms with E-state index in [2.05, 4.69) is 10.1 Å². The molecule has 1 fully saturated rings. The number of ether oxygens (including phenoxy) is 2. The van der Waals surface area contributed by atoms with Crippen LogP contribution < -0.4 is 10.5 Å². The van der Waals surface area contributed by atoms with Crippen molar-refractivity contribution in [3.63, 3.8) is 0 Å². The Morgan fingerprint density at radius 2 is 2.09 bits per heavy atom. The Hall–Kier alpha value is -1.70. The van der Waals surface area contributed by atoms with Crippen LogP contribution in [0.2, 0.25) is 0 Å². The van der Waals surface area contributed by atoms with Crippen molar-refractivity contribution < 1.29 is 18.4 Å². The molecule has 0 radical (unpaired) electrons. The fourth-order valence-corrected chi connectivity index (χ4v) is 2.50. The zero-order chi connectivity index (χ0) is 15.4. The highest BCUT2D eigenvalue weighted by atomic mass is 35.5. The Balaban J connectivity index is 0.00000192. The second kappa shape index (κ2) is 7.72. The molecular weight excluding hydrogens is 325 g/mol. The average Bonchev–Trinajstić information content (AvgIpc) is 3.03. The van der Waals surface area contributed by atoms with Gasteiger partial charge in [-0.15, -0.1) is 12.4 Å². The fraction of sp³-hybridized carbons (Fsp3) is 0.467. The van der Waals surface area contributed by atoms with Gasteiger partial charge < -0.3 is 19.7 Å². The molecule has 1 aliphatic heterocycles. The quantitative estimate of drug-likeness (QED) is 0.896. The van der Waals surface area contributed by atoms with Crippen molar-refractivity contribution in [3.8, 4) is 5.75 Å². The summed E-state index contributed by atoms with van der Waals surface area (Å²) >= 11 is 0. The first-order chi connectivity index (χ1) is 10.7. The van der Waals surface area contributed by atoms with Crippen molar-refractivity contribution in [1.82, 2.24) is 10.1 Å². The van der Waals surface area contributed by atoms with Gasteiger partial charge in [-0.05, 0) is 25.0 Å². The minimum absolute atomic E-state index is 0. The van der Waals surface area contributed by atoms with Crippen molar-refractivity contribution >= 4 is 12.4 Å². The maximum absolute atomic E-state index is 13.1. The molecule has 0 spiro atoms. The summed E-state index contributed by atoms with van der Waals surface area (Å²) in [6.07, 6.45) is 1.52. The Morgan fingerprint density at radius 1 is 1.30 bits per heavy atom. The first kappa shape index (κ1) is 17.7. The number of hydrogen-bond donors (Lipinski definition) is 1. The van der Waals surface area contributed by atoms with Crippen molar-refractivity contribution in [2.45, 2.75) is 24.9 Å². The molecule has 0 amide bonds. The monoisotopic (exact) mass is 343 g/mol. The topological polar surface area (TPSA) is 83.4 Å². The second-order valence-electron chi connectivity index (χ2n) is 5.36. The van der Waals surface area contributed by atoms with Gasteiger partial charge in [0.1, 0.15) is 11.6 Å². The molecule has 3 rings (SSSR count). The summed E-state index contributed by atoms with van der Waals surface area (Å²) in [6.45, 7) is 1.82. The van der Waals surface area contributed by atoms with Crippen LogP contribution in [0, 0.1) is 5.82 Å². The van der Waals surface area contributed by atoms with Crippen LogP contribution in [0.4, 0.5) is 4.39 Å². The van der Waals surface area contributed by atoms with Gasteiger partial charge in [-0.2, -0.15) is 4.98 Å². The smallest absolute Gasteiger partial charge is 0.234 e. The minimum atomic E-state index is -0.351. The average molecular weight is 344 g/mol. The van der Waals surface area contributed by atoms with Gasteiger partial charge in [0, 0.05) is 25.8 Å². The Labute approximate surface area is 139 Å². The minimum Gasteiger partial charge on any atom is -0.485 e. The predicted molar refractivity (Wildman–Crippen MR) is 83.1 cm³/mol. The summed E-state index contributed by atoms with van der Waals surface area (Å²) in [7, 11) is 0. The third-order valence-corrected chi connectivity index (χ3v) is 3.93. The van der Waals surface area contributed by atoms with Gasteiger partial charge in [0.15, 0.2) is 6.61 Å². The number of benzene rings is 1. The van der Waals surface area contributed by atoms with Gasteiger partial charge in [-0.1, -0.05) is 11.2 Å². The molecule has 0 bridgehead atoms. The molecule has 8 heteroatoms. The maximum Gasteiger partial charge on any atom is 0.234 e. The molecule has 0 unspecified atom stereocenters. The van der Waals surface area contributed by atoms with Gasteiger partial charge in [-0.3, -0.25) is 0 Å². The molecule has 23 heavy (non-hydrogen) atoms. The van der Waals surface area contributed by atoms with E-state index >= 15 is 0 Å². The molecule has 2 N–H and O–H groups in total. The van der Waals surface area contributed by atoms with Crippen LogP contribution in [0.5, 0.6) is 5.75 Å². The van der Waals surface area contributed by atoms with Gasteiger partial charge >= 0.3 is 0 Å². The molecule has 0 aliphatic carbocycles. The molecule has 126 valence electrons. The molecule has 2 heterocycles. The highest BCUT2D eigenvalue weighted by molar-refractivity contribution is 5.85. The Kier molecular flexibility index (Phi) is 5.92. The molecular formula is C15H19ClFN3O3. The highest BCUT2D eigenvalue weighted by Crippen LogP contribution is 2.32. The lowest BCUT2D eigenvalue weighted by Gasteiger charge is -2.32. The summed E-state index contributed by atoms with van der Waals surface area (Å²) in [4.78, 5) is 4.38. The van der Waals surface area contributed by atoms with Crippen molar-refractivity contribution in [2.24, 2.45) is 5.73 Å². The van der Waals surface area contributed by atoms with E-state index in [1.807, 2.05) is 0 Å².